The second-order valence-electron chi connectivity index (χ2n) is 5.97. The van der Waals surface area contributed by atoms with Gasteiger partial charge < -0.3 is 10.2 Å². The highest BCUT2D eigenvalue weighted by Crippen LogP contribution is 2.14. The molecule has 0 aromatic heterocycles. The van der Waals surface area contributed by atoms with E-state index in [2.05, 4.69) is 24.1 Å². The van der Waals surface area contributed by atoms with E-state index in [4.69, 9.17) is 5.14 Å². The Bertz CT molecular complexity index is 547. The minimum atomic E-state index is -3.60. The van der Waals surface area contributed by atoms with E-state index in [0.29, 0.717) is 12.1 Å². The number of nitrogens with two attached hydrogens (primary N) is 1. The number of hydrogen-bond acceptors (Lipinski definition) is 4. The van der Waals surface area contributed by atoms with Crippen molar-refractivity contribution in [2.45, 2.75) is 50.2 Å². The summed E-state index contributed by atoms with van der Waals surface area (Å²) in [6, 6.07) is 7.92. The molecule has 2 rings (SSSR count). The molecular formula is C15H25N3O2S. The molecule has 1 aliphatic rings. The summed E-state index contributed by atoms with van der Waals surface area (Å²) in [5.41, 5.74) is 1.08. The van der Waals surface area contributed by atoms with Crippen LogP contribution in [0.15, 0.2) is 29.2 Å². The molecule has 1 aromatic rings. The highest BCUT2D eigenvalue weighted by Gasteiger charge is 2.20. The molecule has 1 aromatic carbocycles. The molecule has 21 heavy (non-hydrogen) atoms. The Morgan fingerprint density at radius 2 is 1.81 bits per heavy atom. The average Bonchev–Trinajstić information content (AvgIpc) is 2.45. The third-order valence-electron chi connectivity index (χ3n) is 4.11. The van der Waals surface area contributed by atoms with Gasteiger partial charge in [0.2, 0.25) is 10.0 Å². The molecule has 0 amide bonds. The summed E-state index contributed by atoms with van der Waals surface area (Å²) in [5, 5.41) is 8.64. The average molecular weight is 311 g/mol. The predicted molar refractivity (Wildman–Crippen MR) is 84.4 cm³/mol. The minimum Gasteiger partial charge on any atom is -0.310 e. The van der Waals surface area contributed by atoms with E-state index < -0.39 is 10.0 Å². The van der Waals surface area contributed by atoms with Crippen LogP contribution in [0, 0.1) is 0 Å². The molecule has 0 saturated carbocycles. The van der Waals surface area contributed by atoms with E-state index in [9.17, 15) is 8.42 Å². The fraction of sp³-hybridized carbons (Fsp3) is 0.600. The van der Waals surface area contributed by atoms with Crippen LogP contribution in [-0.2, 0) is 16.6 Å². The number of likely N-dealkylation sites (tertiary alicyclic amines) is 1. The van der Waals surface area contributed by atoms with Crippen molar-refractivity contribution in [1.29, 1.82) is 0 Å². The van der Waals surface area contributed by atoms with Gasteiger partial charge in [-0.3, -0.25) is 0 Å². The van der Waals surface area contributed by atoms with E-state index in [1.165, 1.54) is 0 Å². The van der Waals surface area contributed by atoms with E-state index in [1.807, 2.05) is 12.1 Å². The van der Waals surface area contributed by atoms with Crippen LogP contribution in [0.5, 0.6) is 0 Å². The minimum absolute atomic E-state index is 0.163. The van der Waals surface area contributed by atoms with Gasteiger partial charge in [-0.15, -0.1) is 0 Å². The van der Waals surface area contributed by atoms with Gasteiger partial charge in [0.15, 0.2) is 0 Å². The number of nitrogens with zero attached hydrogens (tertiary/aromatic N) is 1. The van der Waals surface area contributed by atoms with Crippen molar-refractivity contribution in [3.63, 3.8) is 0 Å². The van der Waals surface area contributed by atoms with Crippen LogP contribution >= 0.6 is 0 Å². The zero-order chi connectivity index (χ0) is 15.5. The highest BCUT2D eigenvalue weighted by atomic mass is 32.2. The molecule has 1 aliphatic heterocycles. The molecule has 1 saturated heterocycles. The third kappa shape index (κ3) is 4.78. The fourth-order valence-corrected chi connectivity index (χ4v) is 3.19. The smallest absolute Gasteiger partial charge is 0.238 e. The molecule has 0 aliphatic carbocycles. The first kappa shape index (κ1) is 16.4. The Hall–Kier alpha value is -0.950. The second-order valence-corrected chi connectivity index (χ2v) is 7.54. The number of nitrogens with one attached hydrogen (secondary N) is 1. The summed E-state index contributed by atoms with van der Waals surface area (Å²) in [6.45, 7) is 7.51. The number of primary sulfonamides is 1. The predicted octanol–water partition coefficient (Wildman–Crippen LogP) is 1.30. The van der Waals surface area contributed by atoms with Gasteiger partial charge in [-0.1, -0.05) is 12.1 Å². The first-order chi connectivity index (χ1) is 9.86. The van der Waals surface area contributed by atoms with Gasteiger partial charge in [0, 0.05) is 18.6 Å². The lowest BCUT2D eigenvalue weighted by atomic mass is 10.0. The molecule has 6 heteroatoms. The third-order valence-corrected chi connectivity index (χ3v) is 5.04. The van der Waals surface area contributed by atoms with Crippen molar-refractivity contribution in [2.24, 2.45) is 5.14 Å². The largest absolute Gasteiger partial charge is 0.310 e. The number of hydrogen-bond donors (Lipinski definition) is 2. The summed E-state index contributed by atoms with van der Waals surface area (Å²) in [6.07, 6.45) is 2.32. The number of piperidine rings is 1. The number of rotatable bonds is 5. The van der Waals surface area contributed by atoms with Crippen molar-refractivity contribution in [3.8, 4) is 0 Å². The maximum Gasteiger partial charge on any atom is 0.238 e. The molecule has 3 N–H and O–H groups in total. The van der Waals surface area contributed by atoms with E-state index >= 15 is 0 Å². The Labute approximate surface area is 127 Å². The Balaban J connectivity index is 1.82. The van der Waals surface area contributed by atoms with Crippen molar-refractivity contribution in [3.05, 3.63) is 29.8 Å². The standard InChI is InChI=1S/C15H25N3O2S/c1-12(2)18-9-7-14(8-10-18)17-11-13-3-5-15(6-4-13)21(16,19)20/h3-6,12,14,17H,7-11H2,1-2H3,(H2,16,19,20). The van der Waals surface area contributed by atoms with Crippen LogP contribution in [0.2, 0.25) is 0 Å². The molecule has 5 nitrogen and oxygen atoms in total. The summed E-state index contributed by atoms with van der Waals surface area (Å²) in [7, 11) is -3.60. The highest BCUT2D eigenvalue weighted by molar-refractivity contribution is 7.89. The molecule has 1 fully saturated rings. The SMILES string of the molecule is CC(C)N1CCC(NCc2ccc(S(N)(=O)=O)cc2)CC1. The van der Waals surface area contributed by atoms with Crippen molar-refractivity contribution in [1.82, 2.24) is 10.2 Å². The molecule has 118 valence electrons. The van der Waals surface area contributed by atoms with Crippen LogP contribution in [-0.4, -0.2) is 38.5 Å². The maximum atomic E-state index is 11.2. The molecule has 0 atom stereocenters. The summed E-state index contributed by atoms with van der Waals surface area (Å²) in [4.78, 5) is 2.66. The maximum absolute atomic E-state index is 11.2. The van der Waals surface area contributed by atoms with Gasteiger partial charge in [-0.2, -0.15) is 0 Å². The first-order valence-corrected chi connectivity index (χ1v) is 9.00. The Morgan fingerprint density at radius 1 is 1.24 bits per heavy atom. The van der Waals surface area contributed by atoms with Gasteiger partial charge in [0.1, 0.15) is 0 Å². The van der Waals surface area contributed by atoms with Crippen LogP contribution in [0.25, 0.3) is 0 Å². The number of benzene rings is 1. The topological polar surface area (TPSA) is 75.4 Å². The van der Waals surface area contributed by atoms with Crippen LogP contribution in [0.3, 0.4) is 0 Å². The quantitative estimate of drug-likeness (QED) is 0.859. The van der Waals surface area contributed by atoms with Crippen LogP contribution in [0.1, 0.15) is 32.3 Å². The monoisotopic (exact) mass is 311 g/mol. The molecule has 0 bridgehead atoms. The fourth-order valence-electron chi connectivity index (χ4n) is 2.68. The summed E-state index contributed by atoms with van der Waals surface area (Å²) >= 11 is 0. The van der Waals surface area contributed by atoms with Gasteiger partial charge in [-0.25, -0.2) is 13.6 Å². The summed E-state index contributed by atoms with van der Waals surface area (Å²) in [5.74, 6) is 0. The molecule has 0 unspecified atom stereocenters. The lowest BCUT2D eigenvalue weighted by Gasteiger charge is -2.35. The van der Waals surface area contributed by atoms with Crippen molar-refractivity contribution >= 4 is 10.0 Å². The van der Waals surface area contributed by atoms with Gasteiger partial charge in [0.25, 0.3) is 0 Å². The number of sulfonamides is 1. The van der Waals surface area contributed by atoms with Crippen molar-refractivity contribution < 1.29 is 8.42 Å². The molecular weight excluding hydrogens is 286 g/mol. The van der Waals surface area contributed by atoms with E-state index in [0.717, 1.165) is 38.0 Å². The summed E-state index contributed by atoms with van der Waals surface area (Å²) < 4.78 is 22.4. The lowest BCUT2D eigenvalue weighted by molar-refractivity contribution is 0.161. The lowest BCUT2D eigenvalue weighted by Crippen LogP contribution is -2.44. The molecule has 1 heterocycles. The zero-order valence-corrected chi connectivity index (χ0v) is 13.6. The van der Waals surface area contributed by atoms with E-state index in [1.54, 1.807) is 12.1 Å². The molecule has 0 spiro atoms. The Kier molecular flexibility index (Phi) is 5.37. The van der Waals surface area contributed by atoms with Crippen LogP contribution < -0.4 is 10.5 Å². The Morgan fingerprint density at radius 3 is 2.29 bits per heavy atom. The van der Waals surface area contributed by atoms with Crippen molar-refractivity contribution in [2.75, 3.05) is 13.1 Å². The van der Waals surface area contributed by atoms with Gasteiger partial charge in [-0.05, 0) is 57.5 Å². The normalized spacial score (nSPS) is 18.3. The first-order valence-electron chi connectivity index (χ1n) is 7.45. The zero-order valence-electron chi connectivity index (χ0n) is 12.7. The van der Waals surface area contributed by atoms with Gasteiger partial charge >= 0.3 is 0 Å². The van der Waals surface area contributed by atoms with E-state index in [-0.39, 0.29) is 4.90 Å². The van der Waals surface area contributed by atoms with Gasteiger partial charge in [0.05, 0.1) is 4.90 Å². The molecule has 0 radical (unpaired) electrons. The van der Waals surface area contributed by atoms with Crippen LogP contribution in [0.4, 0.5) is 0 Å². The second kappa shape index (κ2) is 6.87.